The van der Waals surface area contributed by atoms with Crippen LogP contribution in [0.15, 0.2) is 36.4 Å². The van der Waals surface area contributed by atoms with E-state index in [1.54, 1.807) is 13.2 Å². The Morgan fingerprint density at radius 1 is 0.931 bits per heavy atom. The normalized spacial score (nSPS) is 26.9. The predicted octanol–water partition coefficient (Wildman–Crippen LogP) is 1.08. The van der Waals surface area contributed by atoms with Crippen LogP contribution in [-0.4, -0.2) is 64.8 Å². The Balaban J connectivity index is 1.82. The lowest BCUT2D eigenvalue weighted by molar-refractivity contribution is -0.277. The molecule has 1 aliphatic rings. The maximum absolute atomic E-state index is 10.2. The molecule has 3 rings (SSSR count). The maximum atomic E-state index is 10.2. The van der Waals surface area contributed by atoms with Crippen molar-refractivity contribution in [2.45, 2.75) is 51.0 Å². The topological polar surface area (TPSA) is 109 Å². The average Bonchev–Trinajstić information content (AvgIpc) is 2.73. The molecule has 5 atom stereocenters. The van der Waals surface area contributed by atoms with Gasteiger partial charge in [0.05, 0.1) is 13.7 Å². The van der Waals surface area contributed by atoms with Gasteiger partial charge in [0, 0.05) is 0 Å². The van der Waals surface area contributed by atoms with Crippen LogP contribution >= 0.6 is 0 Å². The van der Waals surface area contributed by atoms with Crippen LogP contribution in [0.2, 0.25) is 0 Å². The number of hydrogen-bond donors (Lipinski definition) is 4. The van der Waals surface area contributed by atoms with E-state index in [4.69, 9.17) is 14.2 Å². The van der Waals surface area contributed by atoms with Crippen molar-refractivity contribution in [3.8, 4) is 11.5 Å². The van der Waals surface area contributed by atoms with Crippen molar-refractivity contribution in [1.82, 2.24) is 0 Å². The van der Waals surface area contributed by atoms with Crippen LogP contribution in [0.4, 0.5) is 0 Å². The van der Waals surface area contributed by atoms with E-state index >= 15 is 0 Å². The molecule has 1 aliphatic heterocycles. The predicted molar refractivity (Wildman–Crippen MR) is 106 cm³/mol. The molecule has 29 heavy (non-hydrogen) atoms. The zero-order valence-corrected chi connectivity index (χ0v) is 16.8. The molecule has 2 aromatic rings. The molecule has 0 radical (unpaired) electrons. The van der Waals surface area contributed by atoms with E-state index in [-0.39, 0.29) is 0 Å². The van der Waals surface area contributed by atoms with Crippen molar-refractivity contribution in [1.29, 1.82) is 0 Å². The Morgan fingerprint density at radius 2 is 1.62 bits per heavy atom. The van der Waals surface area contributed by atoms with Crippen LogP contribution < -0.4 is 9.47 Å². The number of methoxy groups -OCH3 is 1. The van der Waals surface area contributed by atoms with Crippen molar-refractivity contribution >= 4 is 0 Å². The number of aryl methyl sites for hydroxylation is 1. The Hall–Kier alpha value is -2.16. The fraction of sp³-hybridized carbons (Fsp3) is 0.455. The third-order valence-corrected chi connectivity index (χ3v) is 5.41. The second-order valence-electron chi connectivity index (χ2n) is 7.32. The van der Waals surface area contributed by atoms with Gasteiger partial charge in [-0.2, -0.15) is 0 Å². The van der Waals surface area contributed by atoms with E-state index < -0.39 is 37.3 Å². The molecule has 0 saturated carbocycles. The van der Waals surface area contributed by atoms with Crippen LogP contribution in [0.3, 0.4) is 0 Å². The van der Waals surface area contributed by atoms with Gasteiger partial charge in [-0.25, -0.2) is 0 Å². The van der Waals surface area contributed by atoms with E-state index in [2.05, 4.69) is 0 Å². The first kappa shape index (κ1) is 21.5. The molecule has 1 saturated heterocycles. The van der Waals surface area contributed by atoms with Gasteiger partial charge in [0.2, 0.25) is 6.29 Å². The summed E-state index contributed by atoms with van der Waals surface area (Å²) in [5, 5.41) is 39.5. The molecule has 1 heterocycles. The van der Waals surface area contributed by atoms with Gasteiger partial charge in [-0.1, -0.05) is 18.2 Å². The van der Waals surface area contributed by atoms with E-state index in [1.807, 2.05) is 44.2 Å². The quantitative estimate of drug-likeness (QED) is 0.571. The number of ether oxygens (including phenoxy) is 3. The summed E-state index contributed by atoms with van der Waals surface area (Å²) < 4.78 is 16.5. The van der Waals surface area contributed by atoms with Crippen LogP contribution in [-0.2, 0) is 11.2 Å². The smallest absolute Gasteiger partial charge is 0.229 e. The number of benzene rings is 2. The molecule has 0 unspecified atom stereocenters. The molecule has 4 N–H and O–H groups in total. The average molecular weight is 404 g/mol. The molecule has 7 nitrogen and oxygen atoms in total. The molecule has 7 heteroatoms. The SMILES string of the molecule is COc1ccc(Cc2c(C)ccc(O[C@H]3O[C@H](CO)[C@@H](O)[C@H](O)[C@H]3O)c2C)cc1. The minimum Gasteiger partial charge on any atom is -0.497 e. The lowest BCUT2D eigenvalue weighted by atomic mass is 9.95. The zero-order valence-electron chi connectivity index (χ0n) is 16.8. The second-order valence-corrected chi connectivity index (χ2v) is 7.32. The van der Waals surface area contributed by atoms with Crippen LogP contribution in [0.1, 0.15) is 22.3 Å². The number of aliphatic hydroxyl groups excluding tert-OH is 4. The third-order valence-electron chi connectivity index (χ3n) is 5.41. The second kappa shape index (κ2) is 9.11. The molecule has 1 fully saturated rings. The van der Waals surface area contributed by atoms with Gasteiger partial charge in [0.1, 0.15) is 35.9 Å². The molecular weight excluding hydrogens is 376 g/mol. The molecule has 0 amide bonds. The minimum atomic E-state index is -1.48. The summed E-state index contributed by atoms with van der Waals surface area (Å²) in [5.74, 6) is 1.30. The summed E-state index contributed by atoms with van der Waals surface area (Å²) in [6, 6.07) is 11.5. The van der Waals surface area contributed by atoms with Crippen LogP contribution in [0, 0.1) is 13.8 Å². The Morgan fingerprint density at radius 3 is 2.24 bits per heavy atom. The lowest BCUT2D eigenvalue weighted by Crippen LogP contribution is -2.60. The molecule has 0 aliphatic carbocycles. The van der Waals surface area contributed by atoms with E-state index in [1.165, 1.54) is 0 Å². The van der Waals surface area contributed by atoms with Gasteiger partial charge in [-0.05, 0) is 60.7 Å². The van der Waals surface area contributed by atoms with Crippen LogP contribution in [0.5, 0.6) is 11.5 Å². The van der Waals surface area contributed by atoms with Gasteiger partial charge in [0.25, 0.3) is 0 Å². The van der Waals surface area contributed by atoms with Crippen molar-refractivity contribution in [2.75, 3.05) is 13.7 Å². The highest BCUT2D eigenvalue weighted by Gasteiger charge is 2.44. The van der Waals surface area contributed by atoms with Gasteiger partial charge in [0.15, 0.2) is 0 Å². The largest absolute Gasteiger partial charge is 0.497 e. The molecule has 2 aromatic carbocycles. The summed E-state index contributed by atoms with van der Waals surface area (Å²) in [6.45, 7) is 3.44. The number of rotatable bonds is 6. The highest BCUT2D eigenvalue weighted by Crippen LogP contribution is 2.30. The Bertz CT molecular complexity index is 819. The Kier molecular flexibility index (Phi) is 6.77. The molecule has 158 valence electrons. The third kappa shape index (κ3) is 4.55. The summed E-state index contributed by atoms with van der Waals surface area (Å²) in [7, 11) is 1.63. The summed E-state index contributed by atoms with van der Waals surface area (Å²) in [6.07, 6.45) is -5.87. The highest BCUT2D eigenvalue weighted by atomic mass is 16.7. The van der Waals surface area contributed by atoms with Crippen molar-refractivity contribution in [3.63, 3.8) is 0 Å². The minimum absolute atomic E-state index is 0.500. The molecule has 0 aromatic heterocycles. The first-order chi connectivity index (χ1) is 13.8. The standard InChI is InChI=1S/C22H28O7/c1-12-4-9-17(28-22-21(26)20(25)19(24)18(11-23)29-22)13(2)16(12)10-14-5-7-15(27-3)8-6-14/h4-9,18-26H,10-11H2,1-3H3/t18-,19-,20+,21-,22+/m1/s1. The summed E-state index contributed by atoms with van der Waals surface area (Å²) >= 11 is 0. The van der Waals surface area contributed by atoms with Gasteiger partial charge >= 0.3 is 0 Å². The molecular formula is C22H28O7. The van der Waals surface area contributed by atoms with Crippen molar-refractivity contribution in [2.24, 2.45) is 0 Å². The first-order valence-corrected chi connectivity index (χ1v) is 9.55. The maximum Gasteiger partial charge on any atom is 0.229 e. The molecule has 0 spiro atoms. The van der Waals surface area contributed by atoms with Gasteiger partial charge < -0.3 is 34.6 Å². The van der Waals surface area contributed by atoms with E-state index in [0.29, 0.717) is 12.2 Å². The fourth-order valence-corrected chi connectivity index (χ4v) is 3.51. The Labute approximate surface area is 170 Å². The van der Waals surface area contributed by atoms with Crippen LogP contribution in [0.25, 0.3) is 0 Å². The zero-order chi connectivity index (χ0) is 21.1. The first-order valence-electron chi connectivity index (χ1n) is 9.55. The van der Waals surface area contributed by atoms with Crippen molar-refractivity contribution < 1.29 is 34.6 Å². The van der Waals surface area contributed by atoms with Gasteiger partial charge in [-0.3, -0.25) is 0 Å². The van der Waals surface area contributed by atoms with Crippen molar-refractivity contribution in [3.05, 3.63) is 58.7 Å². The van der Waals surface area contributed by atoms with E-state index in [0.717, 1.165) is 28.0 Å². The number of hydrogen-bond acceptors (Lipinski definition) is 7. The van der Waals surface area contributed by atoms with Gasteiger partial charge in [-0.15, -0.1) is 0 Å². The molecule has 0 bridgehead atoms. The fourth-order valence-electron chi connectivity index (χ4n) is 3.51. The highest BCUT2D eigenvalue weighted by molar-refractivity contribution is 5.46. The van der Waals surface area contributed by atoms with E-state index in [9.17, 15) is 20.4 Å². The lowest BCUT2D eigenvalue weighted by Gasteiger charge is -2.39. The summed E-state index contributed by atoms with van der Waals surface area (Å²) in [5.41, 5.74) is 4.18. The number of aliphatic hydroxyl groups is 4. The summed E-state index contributed by atoms with van der Waals surface area (Å²) in [4.78, 5) is 0. The monoisotopic (exact) mass is 404 g/mol.